The fourth-order valence-corrected chi connectivity index (χ4v) is 1.72. The SMILES string of the molecule is CCCCN(CC(O)C(C)(C)C)C1CC1. The highest BCUT2D eigenvalue weighted by atomic mass is 16.3. The Morgan fingerprint density at radius 3 is 2.33 bits per heavy atom. The van der Waals surface area contributed by atoms with E-state index < -0.39 is 0 Å². The monoisotopic (exact) mass is 213 g/mol. The summed E-state index contributed by atoms with van der Waals surface area (Å²) in [6, 6.07) is 0.772. The van der Waals surface area contributed by atoms with Gasteiger partial charge in [0.1, 0.15) is 0 Å². The fourth-order valence-electron chi connectivity index (χ4n) is 1.72. The molecule has 2 nitrogen and oxygen atoms in total. The quantitative estimate of drug-likeness (QED) is 0.733. The predicted molar refractivity (Wildman–Crippen MR) is 65.0 cm³/mol. The van der Waals surface area contributed by atoms with E-state index in [1.54, 1.807) is 0 Å². The number of hydrogen-bond donors (Lipinski definition) is 1. The summed E-state index contributed by atoms with van der Waals surface area (Å²) in [6.07, 6.45) is 4.97. The minimum absolute atomic E-state index is 0.0132. The molecule has 0 aliphatic heterocycles. The third-order valence-electron chi connectivity index (χ3n) is 3.27. The van der Waals surface area contributed by atoms with E-state index in [-0.39, 0.29) is 11.5 Å². The third-order valence-corrected chi connectivity index (χ3v) is 3.27. The Hall–Kier alpha value is -0.0800. The van der Waals surface area contributed by atoms with E-state index in [2.05, 4.69) is 32.6 Å². The van der Waals surface area contributed by atoms with E-state index in [4.69, 9.17) is 0 Å². The Morgan fingerprint density at radius 1 is 1.33 bits per heavy atom. The van der Waals surface area contributed by atoms with Crippen molar-refractivity contribution in [2.75, 3.05) is 13.1 Å². The van der Waals surface area contributed by atoms with Crippen molar-refractivity contribution in [3.05, 3.63) is 0 Å². The molecule has 1 aliphatic carbocycles. The molecular weight excluding hydrogens is 186 g/mol. The van der Waals surface area contributed by atoms with E-state index in [9.17, 15) is 5.11 Å². The second-order valence-electron chi connectivity index (χ2n) is 5.96. The van der Waals surface area contributed by atoms with Crippen LogP contribution in [0.3, 0.4) is 0 Å². The maximum atomic E-state index is 10.1. The Kier molecular flexibility index (Phi) is 4.60. The Bertz CT molecular complexity index is 181. The molecule has 0 heterocycles. The van der Waals surface area contributed by atoms with Gasteiger partial charge in [0.15, 0.2) is 0 Å². The summed E-state index contributed by atoms with van der Waals surface area (Å²) in [5.41, 5.74) is 0.0132. The van der Waals surface area contributed by atoms with Crippen molar-refractivity contribution in [1.29, 1.82) is 0 Å². The van der Waals surface area contributed by atoms with Crippen LogP contribution in [0.1, 0.15) is 53.4 Å². The first kappa shape index (κ1) is 13.0. The van der Waals surface area contributed by atoms with Gasteiger partial charge in [-0.25, -0.2) is 0 Å². The van der Waals surface area contributed by atoms with Crippen molar-refractivity contribution in [3.63, 3.8) is 0 Å². The third kappa shape index (κ3) is 4.52. The molecule has 90 valence electrons. The van der Waals surface area contributed by atoms with Gasteiger partial charge in [0.25, 0.3) is 0 Å². The number of hydrogen-bond acceptors (Lipinski definition) is 2. The van der Waals surface area contributed by atoms with Gasteiger partial charge < -0.3 is 5.11 Å². The lowest BCUT2D eigenvalue weighted by Gasteiger charge is -2.32. The lowest BCUT2D eigenvalue weighted by Crippen LogP contribution is -2.41. The Morgan fingerprint density at radius 2 is 1.93 bits per heavy atom. The van der Waals surface area contributed by atoms with Crippen molar-refractivity contribution >= 4 is 0 Å². The molecule has 1 aliphatic rings. The Balaban J connectivity index is 2.36. The van der Waals surface area contributed by atoms with Crippen LogP contribution in [-0.2, 0) is 0 Å². The van der Waals surface area contributed by atoms with Crippen molar-refractivity contribution in [3.8, 4) is 0 Å². The lowest BCUT2D eigenvalue weighted by atomic mass is 9.89. The Labute approximate surface area is 94.7 Å². The number of aliphatic hydroxyl groups is 1. The summed E-state index contributed by atoms with van der Waals surface area (Å²) in [5, 5.41) is 10.1. The maximum absolute atomic E-state index is 10.1. The summed E-state index contributed by atoms with van der Waals surface area (Å²) < 4.78 is 0. The minimum Gasteiger partial charge on any atom is -0.391 e. The zero-order valence-corrected chi connectivity index (χ0v) is 10.8. The highest BCUT2D eigenvalue weighted by Gasteiger charge is 2.32. The highest BCUT2D eigenvalue weighted by molar-refractivity contribution is 4.87. The van der Waals surface area contributed by atoms with Crippen LogP contribution in [0.2, 0.25) is 0 Å². The van der Waals surface area contributed by atoms with Crippen LogP contribution in [0, 0.1) is 5.41 Å². The average Bonchev–Trinajstić information content (AvgIpc) is 2.93. The van der Waals surface area contributed by atoms with Crippen LogP contribution in [0.4, 0.5) is 0 Å². The maximum Gasteiger partial charge on any atom is 0.0715 e. The van der Waals surface area contributed by atoms with Gasteiger partial charge in [-0.15, -0.1) is 0 Å². The zero-order chi connectivity index (χ0) is 11.5. The second-order valence-corrected chi connectivity index (χ2v) is 5.96. The van der Waals surface area contributed by atoms with Crippen LogP contribution < -0.4 is 0 Å². The van der Waals surface area contributed by atoms with Gasteiger partial charge in [0, 0.05) is 12.6 Å². The molecule has 1 unspecified atom stereocenters. The molecule has 0 aromatic heterocycles. The molecule has 1 fully saturated rings. The summed E-state index contributed by atoms with van der Waals surface area (Å²) in [7, 11) is 0. The van der Waals surface area contributed by atoms with Gasteiger partial charge >= 0.3 is 0 Å². The molecule has 1 N–H and O–H groups in total. The smallest absolute Gasteiger partial charge is 0.0715 e. The van der Waals surface area contributed by atoms with Gasteiger partial charge in [0.2, 0.25) is 0 Å². The number of rotatable bonds is 6. The number of aliphatic hydroxyl groups excluding tert-OH is 1. The van der Waals surface area contributed by atoms with Crippen LogP contribution in [-0.4, -0.2) is 35.2 Å². The molecule has 0 spiro atoms. The molecule has 1 atom stereocenters. The first-order chi connectivity index (χ1) is 6.95. The first-order valence-electron chi connectivity index (χ1n) is 6.37. The molecule has 1 saturated carbocycles. The second kappa shape index (κ2) is 5.31. The lowest BCUT2D eigenvalue weighted by molar-refractivity contribution is 0.0256. The number of unbranched alkanes of at least 4 members (excludes halogenated alkanes) is 1. The van der Waals surface area contributed by atoms with Gasteiger partial charge in [-0.3, -0.25) is 4.90 Å². The van der Waals surface area contributed by atoms with Crippen molar-refractivity contribution in [2.24, 2.45) is 5.41 Å². The van der Waals surface area contributed by atoms with Crippen molar-refractivity contribution in [2.45, 2.75) is 65.5 Å². The molecule has 1 rings (SSSR count). The van der Waals surface area contributed by atoms with Crippen molar-refractivity contribution < 1.29 is 5.11 Å². The normalized spacial score (nSPS) is 19.6. The van der Waals surface area contributed by atoms with Gasteiger partial charge in [-0.2, -0.15) is 0 Å². The standard InChI is InChI=1S/C13H27NO/c1-5-6-9-14(11-7-8-11)10-12(15)13(2,3)4/h11-12,15H,5-10H2,1-4H3. The fraction of sp³-hybridized carbons (Fsp3) is 1.00. The molecular formula is C13H27NO. The van der Waals surface area contributed by atoms with Crippen LogP contribution in [0.25, 0.3) is 0 Å². The molecule has 0 aromatic carbocycles. The van der Waals surface area contributed by atoms with E-state index in [1.807, 2.05) is 0 Å². The van der Waals surface area contributed by atoms with E-state index in [0.717, 1.165) is 19.1 Å². The molecule has 0 amide bonds. The largest absolute Gasteiger partial charge is 0.391 e. The molecule has 15 heavy (non-hydrogen) atoms. The van der Waals surface area contributed by atoms with E-state index in [1.165, 1.54) is 25.7 Å². The summed E-state index contributed by atoms with van der Waals surface area (Å²) >= 11 is 0. The summed E-state index contributed by atoms with van der Waals surface area (Å²) in [6.45, 7) is 10.6. The summed E-state index contributed by atoms with van der Waals surface area (Å²) in [4.78, 5) is 2.49. The summed E-state index contributed by atoms with van der Waals surface area (Å²) in [5.74, 6) is 0. The number of nitrogens with zero attached hydrogens (tertiary/aromatic N) is 1. The molecule has 0 saturated heterocycles. The van der Waals surface area contributed by atoms with Gasteiger partial charge in [0.05, 0.1) is 6.10 Å². The van der Waals surface area contributed by atoms with Crippen LogP contribution in [0.5, 0.6) is 0 Å². The van der Waals surface area contributed by atoms with E-state index in [0.29, 0.717) is 0 Å². The van der Waals surface area contributed by atoms with Gasteiger partial charge in [-0.05, 0) is 31.2 Å². The van der Waals surface area contributed by atoms with E-state index >= 15 is 0 Å². The topological polar surface area (TPSA) is 23.5 Å². The van der Waals surface area contributed by atoms with Crippen LogP contribution in [0.15, 0.2) is 0 Å². The minimum atomic E-state index is -0.199. The van der Waals surface area contributed by atoms with Crippen molar-refractivity contribution in [1.82, 2.24) is 4.90 Å². The molecule has 0 radical (unpaired) electrons. The molecule has 0 aromatic rings. The first-order valence-corrected chi connectivity index (χ1v) is 6.37. The van der Waals surface area contributed by atoms with Crippen LogP contribution >= 0.6 is 0 Å². The van der Waals surface area contributed by atoms with Gasteiger partial charge in [-0.1, -0.05) is 34.1 Å². The molecule has 0 bridgehead atoms. The molecule has 2 heteroatoms. The highest BCUT2D eigenvalue weighted by Crippen LogP contribution is 2.29. The average molecular weight is 213 g/mol. The zero-order valence-electron chi connectivity index (χ0n) is 10.8. The predicted octanol–water partition coefficient (Wildman–Crippen LogP) is 2.66.